The van der Waals surface area contributed by atoms with Crippen LogP contribution in [0.3, 0.4) is 0 Å². The predicted molar refractivity (Wildman–Crippen MR) is 59.9 cm³/mol. The van der Waals surface area contributed by atoms with Crippen LogP contribution >= 0.6 is 27.7 Å². The molecule has 1 aromatic rings. The van der Waals surface area contributed by atoms with Crippen molar-refractivity contribution in [2.45, 2.75) is 22.9 Å². The first kappa shape index (κ1) is 14.3. The molecule has 0 spiro atoms. The maximum absolute atomic E-state index is 12.5. The van der Waals surface area contributed by atoms with Crippen LogP contribution in [0.4, 0.5) is 13.2 Å². The normalized spacial score (nSPS) is 13.4. The lowest BCUT2D eigenvalue weighted by Gasteiger charge is -2.17. The van der Waals surface area contributed by atoms with Crippen molar-refractivity contribution < 1.29 is 23.1 Å². The molecule has 0 fully saturated rings. The molecule has 0 bridgehead atoms. The second-order valence-electron chi connectivity index (χ2n) is 3.06. The molecule has 1 atom stereocenters. The summed E-state index contributed by atoms with van der Waals surface area (Å²) in [5.41, 5.74) is 0. The summed E-state index contributed by atoms with van der Waals surface area (Å²) in [4.78, 5) is 14.1. The van der Waals surface area contributed by atoms with E-state index < -0.39 is 23.8 Å². The second-order valence-corrected chi connectivity index (χ2v) is 5.20. The summed E-state index contributed by atoms with van der Waals surface area (Å²) < 4.78 is 38.2. The van der Waals surface area contributed by atoms with Crippen LogP contribution in [0.2, 0.25) is 0 Å². The molecule has 1 heterocycles. The Morgan fingerprint density at radius 1 is 1.53 bits per heavy atom. The third-order valence-corrected chi connectivity index (χ3v) is 3.36. The van der Waals surface area contributed by atoms with E-state index >= 15 is 0 Å². The first-order valence-electron chi connectivity index (χ1n) is 4.36. The molecule has 0 aromatic carbocycles. The molecule has 0 saturated heterocycles. The van der Waals surface area contributed by atoms with Crippen molar-refractivity contribution in [3.8, 4) is 0 Å². The topological polar surface area (TPSA) is 50.2 Å². The number of thioether (sulfide) groups is 1. The highest BCUT2D eigenvalue weighted by molar-refractivity contribution is 9.10. The number of pyridine rings is 1. The summed E-state index contributed by atoms with van der Waals surface area (Å²) in [6, 6.07) is 2.94. The lowest BCUT2D eigenvalue weighted by Crippen LogP contribution is -2.28. The van der Waals surface area contributed by atoms with Crippen LogP contribution in [0.25, 0.3) is 0 Å². The zero-order valence-corrected chi connectivity index (χ0v) is 10.6. The van der Waals surface area contributed by atoms with Gasteiger partial charge in [0.15, 0.2) is 0 Å². The molecule has 17 heavy (non-hydrogen) atoms. The average Bonchev–Trinajstić information content (AvgIpc) is 2.18. The van der Waals surface area contributed by atoms with Crippen LogP contribution in [-0.2, 0) is 4.79 Å². The molecule has 8 heteroatoms. The van der Waals surface area contributed by atoms with Gasteiger partial charge in [-0.1, -0.05) is 11.8 Å². The minimum absolute atomic E-state index is 0.136. The van der Waals surface area contributed by atoms with Gasteiger partial charge in [0.2, 0.25) is 0 Å². The SMILES string of the molecule is O=C(O)CC(Sc1ccc(Br)cn1)C(F)(F)F. The fraction of sp³-hybridized carbons (Fsp3) is 0.333. The van der Waals surface area contributed by atoms with Crippen molar-refractivity contribution in [2.24, 2.45) is 0 Å². The number of carbonyl (C=O) groups is 1. The zero-order valence-electron chi connectivity index (χ0n) is 8.24. The van der Waals surface area contributed by atoms with Gasteiger partial charge in [0, 0.05) is 10.7 Å². The van der Waals surface area contributed by atoms with Gasteiger partial charge < -0.3 is 5.11 Å². The number of carboxylic acid groups (broad SMARTS) is 1. The Morgan fingerprint density at radius 2 is 2.18 bits per heavy atom. The number of aromatic nitrogens is 1. The smallest absolute Gasteiger partial charge is 0.401 e. The second kappa shape index (κ2) is 5.72. The van der Waals surface area contributed by atoms with Gasteiger partial charge in [-0.2, -0.15) is 13.2 Å². The molecular formula is C9H7BrF3NO2S. The number of rotatable bonds is 4. The van der Waals surface area contributed by atoms with E-state index in [1.807, 2.05) is 0 Å². The van der Waals surface area contributed by atoms with Gasteiger partial charge in [-0.15, -0.1) is 0 Å². The van der Waals surface area contributed by atoms with Crippen molar-refractivity contribution in [1.29, 1.82) is 0 Å². The number of hydrogen-bond donors (Lipinski definition) is 1. The highest BCUT2D eigenvalue weighted by Gasteiger charge is 2.42. The van der Waals surface area contributed by atoms with Gasteiger partial charge in [0.1, 0.15) is 5.25 Å². The number of aliphatic carboxylic acids is 1. The first-order valence-corrected chi connectivity index (χ1v) is 6.03. The molecule has 0 aliphatic rings. The maximum atomic E-state index is 12.5. The first-order chi connectivity index (χ1) is 7.79. The Labute approximate surface area is 108 Å². The van der Waals surface area contributed by atoms with Gasteiger partial charge in [0.25, 0.3) is 0 Å². The summed E-state index contributed by atoms with van der Waals surface area (Å²) in [7, 11) is 0. The van der Waals surface area contributed by atoms with E-state index in [4.69, 9.17) is 5.11 Å². The molecule has 1 aromatic heterocycles. The summed E-state index contributed by atoms with van der Waals surface area (Å²) in [5, 5.41) is 6.57. The molecule has 94 valence electrons. The number of carboxylic acids is 1. The van der Waals surface area contributed by atoms with Crippen molar-refractivity contribution in [3.63, 3.8) is 0 Å². The monoisotopic (exact) mass is 329 g/mol. The number of halogens is 4. The highest BCUT2D eigenvalue weighted by atomic mass is 79.9. The molecule has 3 nitrogen and oxygen atoms in total. The van der Waals surface area contributed by atoms with Crippen molar-refractivity contribution in [3.05, 3.63) is 22.8 Å². The van der Waals surface area contributed by atoms with Gasteiger partial charge in [-0.05, 0) is 28.1 Å². The Kier molecular flexibility index (Phi) is 4.81. The molecule has 1 rings (SSSR count). The Morgan fingerprint density at radius 3 is 2.59 bits per heavy atom. The van der Waals surface area contributed by atoms with Gasteiger partial charge in [-0.25, -0.2) is 4.98 Å². The average molecular weight is 330 g/mol. The summed E-state index contributed by atoms with van der Waals surface area (Å²) in [6.45, 7) is 0. The van der Waals surface area contributed by atoms with Gasteiger partial charge in [0.05, 0.1) is 11.4 Å². The molecule has 0 aliphatic heterocycles. The van der Waals surface area contributed by atoms with Crippen LogP contribution in [-0.4, -0.2) is 27.5 Å². The van der Waals surface area contributed by atoms with E-state index in [0.29, 0.717) is 16.2 Å². The van der Waals surface area contributed by atoms with Crippen molar-refractivity contribution in [1.82, 2.24) is 4.98 Å². The Bertz CT molecular complexity index is 396. The van der Waals surface area contributed by atoms with E-state index in [1.54, 1.807) is 6.07 Å². The van der Waals surface area contributed by atoms with E-state index in [0.717, 1.165) is 0 Å². The molecule has 0 radical (unpaired) electrons. The fourth-order valence-corrected chi connectivity index (χ4v) is 2.11. The Balaban J connectivity index is 2.79. The number of hydrogen-bond acceptors (Lipinski definition) is 3. The largest absolute Gasteiger partial charge is 0.481 e. The van der Waals surface area contributed by atoms with Gasteiger partial charge >= 0.3 is 12.1 Å². The third-order valence-electron chi connectivity index (χ3n) is 1.69. The summed E-state index contributed by atoms with van der Waals surface area (Å²) in [5.74, 6) is -1.49. The standard InChI is InChI=1S/C9H7BrF3NO2S/c10-5-1-2-7(14-4-5)17-6(3-8(15)16)9(11,12)13/h1-2,4,6H,3H2,(H,15,16). The fourth-order valence-electron chi connectivity index (χ4n) is 0.961. The predicted octanol–water partition coefficient (Wildman–Crippen LogP) is 3.34. The number of alkyl halides is 3. The summed E-state index contributed by atoms with van der Waals surface area (Å²) in [6.07, 6.45) is -4.19. The third kappa shape index (κ3) is 4.95. The van der Waals surface area contributed by atoms with Crippen LogP contribution in [0.15, 0.2) is 27.8 Å². The van der Waals surface area contributed by atoms with E-state index in [9.17, 15) is 18.0 Å². The minimum atomic E-state index is -4.57. The van der Waals surface area contributed by atoms with Crippen LogP contribution < -0.4 is 0 Å². The zero-order chi connectivity index (χ0) is 13.1. The Hall–Kier alpha value is -0.760. The molecule has 1 unspecified atom stereocenters. The summed E-state index contributed by atoms with van der Waals surface area (Å²) >= 11 is 3.50. The van der Waals surface area contributed by atoms with Crippen LogP contribution in [0.5, 0.6) is 0 Å². The minimum Gasteiger partial charge on any atom is -0.481 e. The van der Waals surface area contributed by atoms with E-state index in [1.165, 1.54) is 12.3 Å². The molecular weight excluding hydrogens is 323 g/mol. The number of nitrogens with zero attached hydrogens (tertiary/aromatic N) is 1. The van der Waals surface area contributed by atoms with Crippen molar-refractivity contribution >= 4 is 33.7 Å². The van der Waals surface area contributed by atoms with E-state index in [-0.39, 0.29) is 5.03 Å². The molecule has 1 N–H and O–H groups in total. The lowest BCUT2D eigenvalue weighted by atomic mass is 10.3. The quantitative estimate of drug-likeness (QED) is 0.861. The van der Waals surface area contributed by atoms with Gasteiger partial charge in [-0.3, -0.25) is 4.79 Å². The molecule has 0 saturated carbocycles. The van der Waals surface area contributed by atoms with E-state index in [2.05, 4.69) is 20.9 Å². The van der Waals surface area contributed by atoms with Crippen molar-refractivity contribution in [2.75, 3.05) is 0 Å². The van der Waals surface area contributed by atoms with Crippen LogP contribution in [0, 0.1) is 0 Å². The molecule has 0 aliphatic carbocycles. The highest BCUT2D eigenvalue weighted by Crippen LogP contribution is 2.36. The van der Waals surface area contributed by atoms with Crippen LogP contribution in [0.1, 0.15) is 6.42 Å². The lowest BCUT2D eigenvalue weighted by molar-refractivity contribution is -0.149. The maximum Gasteiger partial charge on any atom is 0.401 e. The molecule has 0 amide bonds.